The van der Waals surface area contributed by atoms with Crippen LogP contribution in [-0.4, -0.2) is 41.9 Å². The molecule has 1 heterocycles. The Morgan fingerprint density at radius 2 is 1.48 bits per heavy atom. The fraction of sp³-hybridized carbons (Fsp3) is 0.435. The van der Waals surface area contributed by atoms with E-state index in [2.05, 4.69) is 96.2 Å². The maximum absolute atomic E-state index is 12.6. The topological polar surface area (TPSA) is 23.6 Å². The lowest BCUT2D eigenvalue weighted by Gasteiger charge is -2.40. The largest absolute Gasteiger partial charge is 0.340 e. The molecule has 1 amide bonds. The highest BCUT2D eigenvalue weighted by molar-refractivity contribution is 9.10. The first-order valence-corrected chi connectivity index (χ1v) is 10.4. The molecule has 1 saturated heterocycles. The summed E-state index contributed by atoms with van der Waals surface area (Å²) in [5, 5.41) is 0. The number of hydrogen-bond donors (Lipinski definition) is 0. The third kappa shape index (κ3) is 5.43. The molecule has 1 unspecified atom stereocenters. The van der Waals surface area contributed by atoms with Gasteiger partial charge in [0.1, 0.15) is 0 Å². The summed E-state index contributed by atoms with van der Waals surface area (Å²) in [5.74, 6) is 0.280. The number of amides is 1. The van der Waals surface area contributed by atoms with E-state index >= 15 is 0 Å². The molecule has 0 aromatic heterocycles. The van der Waals surface area contributed by atoms with Crippen molar-refractivity contribution in [2.45, 2.75) is 33.2 Å². The Morgan fingerprint density at radius 3 is 2.04 bits per heavy atom. The van der Waals surface area contributed by atoms with Gasteiger partial charge in [-0.05, 0) is 28.7 Å². The van der Waals surface area contributed by atoms with Crippen molar-refractivity contribution in [3.8, 4) is 0 Å². The lowest BCUT2D eigenvalue weighted by atomic mass is 9.91. The SMILES string of the molecule is CC(C)(C)CC(=O)N1CCN(C(c2ccccc2)c2ccc(Br)cc2)CC1. The van der Waals surface area contributed by atoms with Gasteiger partial charge in [0.25, 0.3) is 0 Å². The van der Waals surface area contributed by atoms with Gasteiger partial charge in [-0.15, -0.1) is 0 Å². The van der Waals surface area contributed by atoms with Crippen molar-refractivity contribution in [1.82, 2.24) is 9.80 Å². The molecule has 0 radical (unpaired) electrons. The second kappa shape index (κ2) is 8.57. The fourth-order valence-corrected chi connectivity index (χ4v) is 3.95. The molecular formula is C23H29BrN2O. The summed E-state index contributed by atoms with van der Waals surface area (Å²) < 4.78 is 1.09. The molecule has 0 saturated carbocycles. The smallest absolute Gasteiger partial charge is 0.223 e. The lowest BCUT2D eigenvalue weighted by Crippen LogP contribution is -2.50. The predicted molar refractivity (Wildman–Crippen MR) is 115 cm³/mol. The number of nitrogens with zero attached hydrogens (tertiary/aromatic N) is 2. The molecule has 3 nitrogen and oxygen atoms in total. The van der Waals surface area contributed by atoms with Crippen molar-refractivity contribution in [1.29, 1.82) is 0 Å². The number of halogens is 1. The van der Waals surface area contributed by atoms with Crippen LogP contribution in [0.3, 0.4) is 0 Å². The first-order valence-electron chi connectivity index (χ1n) is 9.66. The molecule has 27 heavy (non-hydrogen) atoms. The van der Waals surface area contributed by atoms with Crippen LogP contribution in [0.15, 0.2) is 59.1 Å². The van der Waals surface area contributed by atoms with Crippen molar-refractivity contribution >= 4 is 21.8 Å². The van der Waals surface area contributed by atoms with E-state index in [0.717, 1.165) is 30.7 Å². The van der Waals surface area contributed by atoms with Gasteiger partial charge >= 0.3 is 0 Å². The normalized spacial score (nSPS) is 17.0. The molecular weight excluding hydrogens is 400 g/mol. The van der Waals surface area contributed by atoms with Crippen LogP contribution >= 0.6 is 15.9 Å². The number of carbonyl (C=O) groups is 1. The zero-order valence-corrected chi connectivity index (χ0v) is 18.1. The summed E-state index contributed by atoms with van der Waals surface area (Å²) in [6.07, 6.45) is 0.613. The van der Waals surface area contributed by atoms with Crippen LogP contribution in [0.5, 0.6) is 0 Å². The van der Waals surface area contributed by atoms with E-state index < -0.39 is 0 Å². The van der Waals surface area contributed by atoms with E-state index in [9.17, 15) is 4.79 Å². The molecule has 0 spiro atoms. The van der Waals surface area contributed by atoms with E-state index in [0.29, 0.717) is 6.42 Å². The Kier molecular flexibility index (Phi) is 6.38. The molecule has 4 heteroatoms. The van der Waals surface area contributed by atoms with Gasteiger partial charge in [-0.1, -0.05) is 79.2 Å². The first kappa shape index (κ1) is 20.1. The van der Waals surface area contributed by atoms with Crippen LogP contribution in [-0.2, 0) is 4.79 Å². The minimum Gasteiger partial charge on any atom is -0.340 e. The molecule has 1 aliphatic heterocycles. The molecule has 0 aliphatic carbocycles. The fourth-order valence-electron chi connectivity index (χ4n) is 3.69. The number of rotatable bonds is 4. The van der Waals surface area contributed by atoms with Crippen LogP contribution in [0.1, 0.15) is 44.4 Å². The third-order valence-electron chi connectivity index (χ3n) is 5.01. The van der Waals surface area contributed by atoms with E-state index in [1.54, 1.807) is 0 Å². The minimum absolute atomic E-state index is 0.0399. The quantitative estimate of drug-likeness (QED) is 0.674. The Balaban J connectivity index is 1.75. The summed E-state index contributed by atoms with van der Waals surface area (Å²) in [5.41, 5.74) is 2.63. The maximum atomic E-state index is 12.6. The van der Waals surface area contributed by atoms with Crippen molar-refractivity contribution in [3.05, 3.63) is 70.2 Å². The second-order valence-electron chi connectivity index (χ2n) is 8.52. The van der Waals surface area contributed by atoms with Gasteiger partial charge in [0.15, 0.2) is 0 Å². The summed E-state index contributed by atoms with van der Waals surface area (Å²) in [6.45, 7) is 9.76. The Hall–Kier alpha value is -1.65. The standard InChI is InChI=1S/C23H29BrN2O/c1-23(2,3)17-21(27)25-13-15-26(16-14-25)22(18-7-5-4-6-8-18)19-9-11-20(24)12-10-19/h4-12,22H,13-17H2,1-3H3. The summed E-state index contributed by atoms with van der Waals surface area (Å²) in [4.78, 5) is 17.1. The van der Waals surface area contributed by atoms with E-state index in [1.165, 1.54) is 11.1 Å². The highest BCUT2D eigenvalue weighted by atomic mass is 79.9. The molecule has 1 atom stereocenters. The number of benzene rings is 2. The van der Waals surface area contributed by atoms with Crippen molar-refractivity contribution < 1.29 is 4.79 Å². The summed E-state index contributed by atoms with van der Waals surface area (Å²) in [6, 6.07) is 19.5. The van der Waals surface area contributed by atoms with Crippen molar-refractivity contribution in [2.75, 3.05) is 26.2 Å². The summed E-state index contributed by atoms with van der Waals surface area (Å²) in [7, 11) is 0. The number of carbonyl (C=O) groups excluding carboxylic acids is 1. The molecule has 1 fully saturated rings. The molecule has 144 valence electrons. The van der Waals surface area contributed by atoms with Gasteiger partial charge in [-0.3, -0.25) is 9.69 Å². The predicted octanol–water partition coefficient (Wildman–Crippen LogP) is 5.12. The average molecular weight is 429 g/mol. The third-order valence-corrected chi connectivity index (χ3v) is 5.54. The Bertz CT molecular complexity index is 744. The monoisotopic (exact) mass is 428 g/mol. The van der Waals surface area contributed by atoms with Crippen molar-refractivity contribution in [2.24, 2.45) is 5.41 Å². The highest BCUT2D eigenvalue weighted by Crippen LogP contribution is 2.31. The minimum atomic E-state index is 0.0399. The molecule has 2 aromatic carbocycles. The molecule has 3 rings (SSSR count). The Morgan fingerprint density at radius 1 is 0.926 bits per heavy atom. The van der Waals surface area contributed by atoms with E-state index in [4.69, 9.17) is 0 Å². The first-order chi connectivity index (χ1) is 12.8. The zero-order valence-electron chi connectivity index (χ0n) is 16.5. The van der Waals surface area contributed by atoms with Gasteiger partial charge in [-0.25, -0.2) is 0 Å². The lowest BCUT2D eigenvalue weighted by molar-refractivity contribution is -0.135. The molecule has 0 N–H and O–H groups in total. The second-order valence-corrected chi connectivity index (χ2v) is 9.43. The molecule has 2 aromatic rings. The van der Waals surface area contributed by atoms with E-state index in [-0.39, 0.29) is 17.4 Å². The van der Waals surface area contributed by atoms with Crippen LogP contribution in [0.25, 0.3) is 0 Å². The van der Waals surface area contributed by atoms with Crippen molar-refractivity contribution in [3.63, 3.8) is 0 Å². The molecule has 1 aliphatic rings. The summed E-state index contributed by atoms with van der Waals surface area (Å²) >= 11 is 3.54. The molecule has 0 bridgehead atoms. The number of piperazine rings is 1. The van der Waals surface area contributed by atoms with Crippen LogP contribution in [0.2, 0.25) is 0 Å². The zero-order chi connectivity index (χ0) is 19.4. The van der Waals surface area contributed by atoms with E-state index in [1.807, 2.05) is 4.90 Å². The van der Waals surface area contributed by atoms with Gasteiger partial charge in [-0.2, -0.15) is 0 Å². The number of hydrogen-bond acceptors (Lipinski definition) is 2. The highest BCUT2D eigenvalue weighted by Gasteiger charge is 2.29. The maximum Gasteiger partial charge on any atom is 0.223 e. The van der Waals surface area contributed by atoms with Gasteiger partial charge in [0, 0.05) is 37.1 Å². The Labute approximate surface area is 171 Å². The van der Waals surface area contributed by atoms with Gasteiger partial charge < -0.3 is 4.90 Å². The van der Waals surface area contributed by atoms with Crippen LogP contribution in [0.4, 0.5) is 0 Å². The van der Waals surface area contributed by atoms with Gasteiger partial charge in [0.05, 0.1) is 6.04 Å². The van der Waals surface area contributed by atoms with Crippen LogP contribution < -0.4 is 0 Å². The average Bonchev–Trinajstić information content (AvgIpc) is 2.64. The van der Waals surface area contributed by atoms with Crippen LogP contribution in [0, 0.1) is 5.41 Å². The van der Waals surface area contributed by atoms with Gasteiger partial charge in [0.2, 0.25) is 5.91 Å².